The van der Waals surface area contributed by atoms with Crippen LogP contribution in [-0.2, 0) is 10.5 Å². The van der Waals surface area contributed by atoms with E-state index in [4.69, 9.17) is 4.74 Å². The van der Waals surface area contributed by atoms with Crippen molar-refractivity contribution >= 4 is 40.8 Å². The molecule has 0 radical (unpaired) electrons. The first-order valence-electron chi connectivity index (χ1n) is 9.07. The van der Waals surface area contributed by atoms with Crippen LogP contribution in [0.1, 0.15) is 37.7 Å². The Kier molecular flexibility index (Phi) is 7.59. The van der Waals surface area contributed by atoms with E-state index in [0.29, 0.717) is 0 Å². The minimum absolute atomic E-state index is 0.115. The van der Waals surface area contributed by atoms with Gasteiger partial charge in [0.15, 0.2) is 8.68 Å². The fraction of sp³-hybridized carbons (Fsp3) is 0.474. The van der Waals surface area contributed by atoms with Gasteiger partial charge in [-0.15, -0.1) is 10.2 Å². The van der Waals surface area contributed by atoms with Gasteiger partial charge in [0.25, 0.3) is 0 Å². The van der Waals surface area contributed by atoms with Gasteiger partial charge >= 0.3 is 0 Å². The number of nitriles is 1. The molecule has 1 aliphatic carbocycles. The van der Waals surface area contributed by atoms with Crippen LogP contribution in [0, 0.1) is 11.3 Å². The molecule has 0 unspecified atom stereocenters. The number of aromatic nitrogens is 2. The van der Waals surface area contributed by atoms with Gasteiger partial charge in [0, 0.05) is 5.75 Å². The second-order valence-electron chi connectivity index (χ2n) is 6.56. The van der Waals surface area contributed by atoms with Gasteiger partial charge in [0.1, 0.15) is 11.3 Å². The van der Waals surface area contributed by atoms with Crippen LogP contribution in [0.2, 0.25) is 0 Å². The second kappa shape index (κ2) is 10.1. The number of nitrogens with zero attached hydrogens (tertiary/aromatic N) is 3. The van der Waals surface area contributed by atoms with E-state index in [-0.39, 0.29) is 11.7 Å². The Morgan fingerprint density at radius 1 is 1.21 bits per heavy atom. The van der Waals surface area contributed by atoms with Crippen molar-refractivity contribution in [2.75, 3.05) is 12.9 Å². The van der Waals surface area contributed by atoms with Crippen LogP contribution in [0.5, 0.6) is 5.75 Å². The Balaban J connectivity index is 1.45. The van der Waals surface area contributed by atoms with E-state index >= 15 is 0 Å². The van der Waals surface area contributed by atoms with Crippen LogP contribution in [0.25, 0.3) is 0 Å². The van der Waals surface area contributed by atoms with E-state index in [1.165, 1.54) is 28.7 Å². The molecule has 2 aromatic rings. The van der Waals surface area contributed by atoms with Crippen LogP contribution in [0.15, 0.2) is 32.9 Å². The molecule has 0 atom stereocenters. The Hall–Kier alpha value is -1.76. The van der Waals surface area contributed by atoms with E-state index in [0.717, 1.165) is 52.3 Å². The molecule has 148 valence electrons. The Morgan fingerprint density at radius 3 is 2.54 bits per heavy atom. The molecule has 1 saturated carbocycles. The van der Waals surface area contributed by atoms with E-state index < -0.39 is 5.54 Å². The molecule has 0 spiro atoms. The Labute approximate surface area is 177 Å². The number of thioether (sulfide) groups is 2. The molecule has 0 bridgehead atoms. The fourth-order valence-electron chi connectivity index (χ4n) is 3.03. The summed E-state index contributed by atoms with van der Waals surface area (Å²) in [6.07, 6.45) is 4.60. The van der Waals surface area contributed by atoms with Gasteiger partial charge in [0.05, 0.1) is 18.9 Å². The van der Waals surface area contributed by atoms with Crippen LogP contribution >= 0.6 is 34.9 Å². The minimum Gasteiger partial charge on any atom is -0.497 e. The highest BCUT2D eigenvalue weighted by atomic mass is 32.2. The summed E-state index contributed by atoms with van der Waals surface area (Å²) in [5, 5.41) is 20.7. The zero-order valence-corrected chi connectivity index (χ0v) is 18.1. The van der Waals surface area contributed by atoms with Crippen LogP contribution < -0.4 is 10.1 Å². The standard InChI is InChI=1S/C19H22N4O2S3/c1-25-15-7-5-14(6-8-15)11-26-17-22-23-18(28-17)27-12-16(24)21-19(13-20)9-3-2-4-10-19/h5-8H,2-4,9-12H2,1H3,(H,21,24). The molecular formula is C19H22N4O2S3. The van der Waals surface area contributed by atoms with Gasteiger partial charge in [-0.3, -0.25) is 4.79 Å². The molecule has 0 saturated heterocycles. The van der Waals surface area contributed by atoms with Crippen molar-refractivity contribution in [3.05, 3.63) is 29.8 Å². The summed E-state index contributed by atoms with van der Waals surface area (Å²) in [6.45, 7) is 0. The zero-order chi connectivity index (χ0) is 19.8. The number of nitrogens with one attached hydrogen (secondary N) is 1. The van der Waals surface area contributed by atoms with Crippen molar-refractivity contribution < 1.29 is 9.53 Å². The lowest BCUT2D eigenvalue weighted by Crippen LogP contribution is -2.49. The molecule has 1 fully saturated rings. The van der Waals surface area contributed by atoms with Crippen molar-refractivity contribution in [3.8, 4) is 11.8 Å². The SMILES string of the molecule is COc1ccc(CSc2nnc(SCC(=O)NC3(C#N)CCCCC3)s2)cc1. The zero-order valence-electron chi connectivity index (χ0n) is 15.6. The Bertz CT molecular complexity index is 826. The minimum atomic E-state index is -0.684. The summed E-state index contributed by atoms with van der Waals surface area (Å²) in [7, 11) is 1.65. The maximum absolute atomic E-state index is 12.3. The predicted octanol–water partition coefficient (Wildman–Crippen LogP) is 4.27. The number of amides is 1. The van der Waals surface area contributed by atoms with Crippen molar-refractivity contribution in [1.29, 1.82) is 5.26 Å². The number of carbonyl (C=O) groups is 1. The number of hydrogen-bond acceptors (Lipinski definition) is 8. The second-order valence-corrected chi connectivity index (χ2v) is 9.98. The predicted molar refractivity (Wildman–Crippen MR) is 113 cm³/mol. The first-order valence-corrected chi connectivity index (χ1v) is 11.9. The van der Waals surface area contributed by atoms with Crippen LogP contribution in [-0.4, -0.2) is 34.5 Å². The quantitative estimate of drug-likeness (QED) is 0.621. The summed E-state index contributed by atoms with van der Waals surface area (Å²) < 4.78 is 6.80. The average molecular weight is 435 g/mol. The molecule has 1 heterocycles. The molecule has 9 heteroatoms. The highest BCUT2D eigenvalue weighted by molar-refractivity contribution is 8.03. The van der Waals surface area contributed by atoms with Gasteiger partial charge in [-0.25, -0.2) is 0 Å². The monoisotopic (exact) mass is 434 g/mol. The number of methoxy groups -OCH3 is 1. The number of carbonyl (C=O) groups excluding carboxylic acids is 1. The van der Waals surface area contributed by atoms with Gasteiger partial charge in [-0.05, 0) is 30.5 Å². The fourth-order valence-corrected chi connectivity index (χ4v) is 5.81. The number of hydrogen-bond donors (Lipinski definition) is 1. The third kappa shape index (κ3) is 5.87. The molecule has 1 aromatic carbocycles. The van der Waals surface area contributed by atoms with Gasteiger partial charge < -0.3 is 10.1 Å². The van der Waals surface area contributed by atoms with Gasteiger partial charge in [-0.1, -0.05) is 66.3 Å². The lowest BCUT2D eigenvalue weighted by atomic mass is 9.83. The van der Waals surface area contributed by atoms with E-state index in [1.807, 2.05) is 24.3 Å². The summed E-state index contributed by atoms with van der Waals surface area (Å²) in [5.41, 5.74) is 0.500. The smallest absolute Gasteiger partial charge is 0.231 e. The number of ether oxygens (including phenoxy) is 1. The number of benzene rings is 1. The highest BCUT2D eigenvalue weighted by Crippen LogP contribution is 2.31. The summed E-state index contributed by atoms with van der Waals surface area (Å²) >= 11 is 4.47. The molecule has 1 aromatic heterocycles. The van der Waals surface area contributed by atoms with Crippen LogP contribution in [0.3, 0.4) is 0 Å². The molecule has 1 amide bonds. The third-order valence-electron chi connectivity index (χ3n) is 4.54. The van der Waals surface area contributed by atoms with Crippen molar-refractivity contribution in [2.24, 2.45) is 0 Å². The van der Waals surface area contributed by atoms with Gasteiger partial charge in [-0.2, -0.15) is 5.26 Å². The summed E-state index contributed by atoms with van der Waals surface area (Å²) in [5.74, 6) is 1.78. The topological polar surface area (TPSA) is 87.9 Å². The maximum atomic E-state index is 12.3. The van der Waals surface area contributed by atoms with Crippen molar-refractivity contribution in [1.82, 2.24) is 15.5 Å². The summed E-state index contributed by atoms with van der Waals surface area (Å²) in [6, 6.07) is 10.3. The normalized spacial score (nSPS) is 15.6. The largest absolute Gasteiger partial charge is 0.497 e. The molecule has 28 heavy (non-hydrogen) atoms. The van der Waals surface area contributed by atoms with E-state index in [1.54, 1.807) is 18.9 Å². The Morgan fingerprint density at radius 2 is 1.89 bits per heavy atom. The first-order chi connectivity index (χ1) is 13.6. The van der Waals surface area contributed by atoms with Gasteiger partial charge in [0.2, 0.25) is 5.91 Å². The van der Waals surface area contributed by atoms with Crippen molar-refractivity contribution in [3.63, 3.8) is 0 Å². The highest BCUT2D eigenvalue weighted by Gasteiger charge is 2.33. The molecule has 1 aliphatic rings. The lowest BCUT2D eigenvalue weighted by Gasteiger charge is -2.31. The number of rotatable bonds is 8. The van der Waals surface area contributed by atoms with Crippen molar-refractivity contribution in [2.45, 2.75) is 52.1 Å². The van der Waals surface area contributed by atoms with Crippen LogP contribution in [0.4, 0.5) is 0 Å². The lowest BCUT2D eigenvalue weighted by molar-refractivity contribution is -0.120. The maximum Gasteiger partial charge on any atom is 0.231 e. The molecule has 6 nitrogen and oxygen atoms in total. The first kappa shape index (κ1) is 21.0. The average Bonchev–Trinajstić information content (AvgIpc) is 3.20. The summed E-state index contributed by atoms with van der Waals surface area (Å²) in [4.78, 5) is 12.3. The molecule has 1 N–H and O–H groups in total. The molecule has 0 aliphatic heterocycles. The molecule has 3 rings (SSSR count). The molecular weight excluding hydrogens is 412 g/mol. The third-order valence-corrected chi connectivity index (χ3v) is 7.80. The van der Waals surface area contributed by atoms with E-state index in [9.17, 15) is 10.1 Å². The van der Waals surface area contributed by atoms with E-state index in [2.05, 4.69) is 21.6 Å².